The SMILES string of the molecule is O=C(CCc1ccccc1)N1CCN(C(c2ccc(F)cc2)c2ccc(F)cc2)CC1. The van der Waals surface area contributed by atoms with Crippen LogP contribution in [0.25, 0.3) is 0 Å². The van der Waals surface area contributed by atoms with Gasteiger partial charge in [0.05, 0.1) is 6.04 Å². The quantitative estimate of drug-likeness (QED) is 0.570. The van der Waals surface area contributed by atoms with Gasteiger partial charge in [0.15, 0.2) is 0 Å². The normalized spacial score (nSPS) is 14.7. The molecule has 4 rings (SSSR count). The van der Waals surface area contributed by atoms with Gasteiger partial charge >= 0.3 is 0 Å². The first-order chi connectivity index (χ1) is 15.1. The Morgan fingerprint density at radius 2 is 1.26 bits per heavy atom. The Labute approximate surface area is 181 Å². The first kappa shape index (κ1) is 21.2. The van der Waals surface area contributed by atoms with Gasteiger partial charge in [-0.1, -0.05) is 54.6 Å². The van der Waals surface area contributed by atoms with Crippen LogP contribution in [-0.4, -0.2) is 41.9 Å². The van der Waals surface area contributed by atoms with E-state index in [0.717, 1.165) is 17.5 Å². The highest BCUT2D eigenvalue weighted by atomic mass is 19.1. The smallest absolute Gasteiger partial charge is 0.222 e. The molecule has 0 bridgehead atoms. The van der Waals surface area contributed by atoms with Crippen molar-refractivity contribution in [2.45, 2.75) is 18.9 Å². The number of rotatable bonds is 6. The summed E-state index contributed by atoms with van der Waals surface area (Å²) in [7, 11) is 0. The Morgan fingerprint density at radius 1 is 0.742 bits per heavy atom. The highest BCUT2D eigenvalue weighted by Crippen LogP contribution is 2.30. The summed E-state index contributed by atoms with van der Waals surface area (Å²) in [6, 6.07) is 22.9. The molecule has 0 N–H and O–H groups in total. The summed E-state index contributed by atoms with van der Waals surface area (Å²) in [4.78, 5) is 16.9. The van der Waals surface area contributed by atoms with Crippen LogP contribution in [0, 0.1) is 11.6 Å². The van der Waals surface area contributed by atoms with Gasteiger partial charge < -0.3 is 4.90 Å². The van der Waals surface area contributed by atoms with E-state index in [1.165, 1.54) is 29.8 Å². The second-order valence-corrected chi connectivity index (χ2v) is 7.91. The molecular weight excluding hydrogens is 394 g/mol. The maximum Gasteiger partial charge on any atom is 0.222 e. The Bertz CT molecular complexity index is 937. The Hall–Kier alpha value is -3.05. The molecule has 0 saturated carbocycles. The predicted octanol–water partition coefficient (Wildman–Crippen LogP) is 4.83. The molecule has 1 aliphatic rings. The first-order valence-corrected chi connectivity index (χ1v) is 10.7. The third kappa shape index (κ3) is 5.36. The molecule has 0 radical (unpaired) electrons. The molecule has 1 aliphatic heterocycles. The van der Waals surface area contributed by atoms with Crippen LogP contribution < -0.4 is 0 Å². The van der Waals surface area contributed by atoms with Crippen LogP contribution >= 0.6 is 0 Å². The number of amides is 1. The van der Waals surface area contributed by atoms with E-state index in [2.05, 4.69) is 4.90 Å². The molecule has 31 heavy (non-hydrogen) atoms. The minimum atomic E-state index is -0.282. The van der Waals surface area contributed by atoms with Gasteiger partial charge in [0.1, 0.15) is 11.6 Å². The maximum absolute atomic E-state index is 13.5. The molecule has 3 aromatic carbocycles. The Balaban J connectivity index is 1.43. The second kappa shape index (κ2) is 9.84. The van der Waals surface area contributed by atoms with Gasteiger partial charge in [-0.2, -0.15) is 0 Å². The van der Waals surface area contributed by atoms with Gasteiger partial charge in [0.25, 0.3) is 0 Å². The summed E-state index contributed by atoms with van der Waals surface area (Å²) in [6.07, 6.45) is 1.25. The molecule has 1 saturated heterocycles. The van der Waals surface area contributed by atoms with E-state index in [-0.39, 0.29) is 23.6 Å². The van der Waals surface area contributed by atoms with E-state index in [9.17, 15) is 13.6 Å². The standard InChI is InChI=1S/C26H26F2N2O/c27-23-11-7-21(8-12-23)26(22-9-13-24(28)14-10-22)30-18-16-29(17-19-30)25(31)15-6-20-4-2-1-3-5-20/h1-5,7-14,26H,6,15-19H2. The minimum Gasteiger partial charge on any atom is -0.340 e. The first-order valence-electron chi connectivity index (χ1n) is 10.7. The topological polar surface area (TPSA) is 23.6 Å². The third-order valence-electron chi connectivity index (χ3n) is 5.87. The van der Waals surface area contributed by atoms with Crippen LogP contribution in [-0.2, 0) is 11.2 Å². The molecule has 5 heteroatoms. The van der Waals surface area contributed by atoms with Gasteiger partial charge in [-0.25, -0.2) is 8.78 Å². The Morgan fingerprint density at radius 3 is 1.77 bits per heavy atom. The fourth-order valence-electron chi connectivity index (χ4n) is 4.19. The number of nitrogens with zero attached hydrogens (tertiary/aromatic N) is 2. The molecule has 0 unspecified atom stereocenters. The summed E-state index contributed by atoms with van der Waals surface area (Å²) in [5, 5.41) is 0. The molecule has 0 spiro atoms. The van der Waals surface area contributed by atoms with Gasteiger partial charge in [-0.15, -0.1) is 0 Å². The lowest BCUT2D eigenvalue weighted by molar-refractivity contribution is -0.133. The number of carbonyl (C=O) groups is 1. The zero-order valence-corrected chi connectivity index (χ0v) is 17.4. The molecule has 1 fully saturated rings. The molecule has 0 atom stereocenters. The van der Waals surface area contributed by atoms with Crippen molar-refractivity contribution in [3.63, 3.8) is 0 Å². The van der Waals surface area contributed by atoms with Gasteiger partial charge in [-0.05, 0) is 47.4 Å². The van der Waals surface area contributed by atoms with Crippen molar-refractivity contribution in [3.05, 3.63) is 107 Å². The van der Waals surface area contributed by atoms with Crippen molar-refractivity contribution in [3.8, 4) is 0 Å². The number of aryl methyl sites for hydroxylation is 1. The van der Waals surface area contributed by atoms with E-state index in [1.807, 2.05) is 35.2 Å². The van der Waals surface area contributed by atoms with E-state index >= 15 is 0 Å². The van der Waals surface area contributed by atoms with E-state index in [0.29, 0.717) is 32.6 Å². The number of halogens is 2. The fourth-order valence-corrected chi connectivity index (χ4v) is 4.19. The zero-order chi connectivity index (χ0) is 21.6. The number of hydrogen-bond donors (Lipinski definition) is 0. The van der Waals surface area contributed by atoms with Gasteiger partial charge in [0, 0.05) is 32.6 Å². The minimum absolute atomic E-state index is 0.109. The van der Waals surface area contributed by atoms with Gasteiger partial charge in [-0.3, -0.25) is 9.69 Å². The lowest BCUT2D eigenvalue weighted by Crippen LogP contribution is -2.49. The van der Waals surface area contributed by atoms with Crippen LogP contribution in [0.5, 0.6) is 0 Å². The lowest BCUT2D eigenvalue weighted by atomic mass is 9.96. The summed E-state index contributed by atoms with van der Waals surface area (Å²) < 4.78 is 27.0. The lowest BCUT2D eigenvalue weighted by Gasteiger charge is -2.40. The molecule has 3 nitrogen and oxygen atoms in total. The molecule has 0 aromatic heterocycles. The van der Waals surface area contributed by atoms with Crippen LogP contribution in [0.4, 0.5) is 8.78 Å². The zero-order valence-electron chi connectivity index (χ0n) is 17.4. The van der Waals surface area contributed by atoms with Crippen molar-refractivity contribution in [2.24, 2.45) is 0 Å². The Kier molecular flexibility index (Phi) is 6.73. The molecule has 1 heterocycles. The summed E-state index contributed by atoms with van der Waals surface area (Å²) >= 11 is 0. The highest BCUT2D eigenvalue weighted by Gasteiger charge is 2.28. The van der Waals surface area contributed by atoms with E-state index < -0.39 is 0 Å². The third-order valence-corrected chi connectivity index (χ3v) is 5.87. The highest BCUT2D eigenvalue weighted by molar-refractivity contribution is 5.76. The molecular formula is C26H26F2N2O. The van der Waals surface area contributed by atoms with Crippen LogP contribution in [0.1, 0.15) is 29.2 Å². The number of piperazine rings is 1. The summed E-state index contributed by atoms with van der Waals surface area (Å²) in [6.45, 7) is 2.70. The monoisotopic (exact) mass is 420 g/mol. The molecule has 160 valence electrons. The van der Waals surface area contributed by atoms with E-state index in [4.69, 9.17) is 0 Å². The predicted molar refractivity (Wildman–Crippen MR) is 118 cm³/mol. The van der Waals surface area contributed by atoms with E-state index in [1.54, 1.807) is 24.3 Å². The number of hydrogen-bond acceptors (Lipinski definition) is 2. The fraction of sp³-hybridized carbons (Fsp3) is 0.269. The number of benzene rings is 3. The molecule has 3 aromatic rings. The average Bonchev–Trinajstić information content (AvgIpc) is 2.81. The van der Waals surface area contributed by atoms with Crippen LogP contribution in [0.3, 0.4) is 0 Å². The van der Waals surface area contributed by atoms with Crippen molar-refractivity contribution in [1.82, 2.24) is 9.80 Å². The van der Waals surface area contributed by atoms with Crippen molar-refractivity contribution in [2.75, 3.05) is 26.2 Å². The summed E-state index contributed by atoms with van der Waals surface area (Å²) in [5.74, 6) is -0.394. The van der Waals surface area contributed by atoms with Crippen LogP contribution in [0.2, 0.25) is 0 Å². The van der Waals surface area contributed by atoms with Crippen molar-refractivity contribution >= 4 is 5.91 Å². The second-order valence-electron chi connectivity index (χ2n) is 7.91. The van der Waals surface area contributed by atoms with Gasteiger partial charge in [0.2, 0.25) is 5.91 Å². The van der Waals surface area contributed by atoms with Crippen LogP contribution in [0.15, 0.2) is 78.9 Å². The molecule has 0 aliphatic carbocycles. The van der Waals surface area contributed by atoms with Crippen molar-refractivity contribution in [1.29, 1.82) is 0 Å². The largest absolute Gasteiger partial charge is 0.340 e. The molecule has 1 amide bonds. The average molecular weight is 421 g/mol. The maximum atomic E-state index is 13.5. The van der Waals surface area contributed by atoms with Crippen molar-refractivity contribution < 1.29 is 13.6 Å². The summed E-state index contributed by atoms with van der Waals surface area (Å²) in [5.41, 5.74) is 3.08. The number of carbonyl (C=O) groups excluding carboxylic acids is 1.